The molecule has 0 radical (unpaired) electrons. The molecule has 0 saturated carbocycles. The van der Waals surface area contributed by atoms with Gasteiger partial charge in [-0.1, -0.05) is 0 Å². The Hall–Kier alpha value is -2.42. The van der Waals surface area contributed by atoms with Crippen molar-refractivity contribution in [3.63, 3.8) is 0 Å². The fourth-order valence-corrected chi connectivity index (χ4v) is 1.20. The number of nitrogens with one attached hydrogen (secondary N) is 1. The molecule has 0 heterocycles. The zero-order valence-electron chi connectivity index (χ0n) is 9.11. The zero-order chi connectivity index (χ0) is 13.7. The second-order valence-corrected chi connectivity index (χ2v) is 3.40. The SMILES string of the molecule is C#CC[C@@H](NC(=O)c1ccc(F)c(F)c1)C(=O)O. The molecular weight excluding hydrogens is 244 g/mol. The molecule has 4 nitrogen and oxygen atoms in total. The number of rotatable bonds is 4. The normalized spacial score (nSPS) is 11.4. The fraction of sp³-hybridized carbons (Fsp3) is 0.167. The lowest BCUT2D eigenvalue weighted by molar-refractivity contribution is -0.139. The number of carboxylic acid groups (broad SMARTS) is 1. The molecule has 1 atom stereocenters. The van der Waals surface area contributed by atoms with Gasteiger partial charge in [-0.25, -0.2) is 13.6 Å². The number of halogens is 2. The van der Waals surface area contributed by atoms with Crippen LogP contribution in [0.2, 0.25) is 0 Å². The maximum atomic E-state index is 12.9. The number of benzene rings is 1. The van der Waals surface area contributed by atoms with E-state index in [-0.39, 0.29) is 12.0 Å². The van der Waals surface area contributed by atoms with Gasteiger partial charge in [0.05, 0.1) is 0 Å². The van der Waals surface area contributed by atoms with Gasteiger partial charge in [0.2, 0.25) is 0 Å². The van der Waals surface area contributed by atoms with Crippen LogP contribution in [0.15, 0.2) is 18.2 Å². The monoisotopic (exact) mass is 253 g/mol. The standard InChI is InChI=1S/C12H9F2NO3/c1-2-3-10(12(17)18)15-11(16)7-4-5-8(13)9(14)6-7/h1,4-6,10H,3H2,(H,15,16)(H,17,18)/t10-/m1/s1. The molecule has 1 amide bonds. The van der Waals surface area contributed by atoms with Crippen molar-refractivity contribution in [2.75, 3.05) is 0 Å². The van der Waals surface area contributed by atoms with E-state index in [2.05, 4.69) is 11.2 Å². The number of hydrogen-bond acceptors (Lipinski definition) is 2. The van der Waals surface area contributed by atoms with E-state index in [1.54, 1.807) is 0 Å². The maximum absolute atomic E-state index is 12.9. The van der Waals surface area contributed by atoms with Gasteiger partial charge in [0.25, 0.3) is 5.91 Å². The summed E-state index contributed by atoms with van der Waals surface area (Å²) in [7, 11) is 0. The first-order valence-corrected chi connectivity index (χ1v) is 4.88. The molecule has 6 heteroatoms. The molecule has 0 saturated heterocycles. The fourth-order valence-electron chi connectivity index (χ4n) is 1.20. The topological polar surface area (TPSA) is 66.4 Å². The molecule has 94 valence electrons. The Bertz CT molecular complexity index is 523. The number of aliphatic carboxylic acids is 1. The number of carbonyl (C=O) groups is 2. The molecule has 0 spiro atoms. The van der Waals surface area contributed by atoms with Gasteiger partial charge in [0.1, 0.15) is 6.04 Å². The van der Waals surface area contributed by atoms with Crippen molar-refractivity contribution in [2.24, 2.45) is 0 Å². The Labute approximate surface area is 102 Å². The smallest absolute Gasteiger partial charge is 0.327 e. The number of amides is 1. The van der Waals surface area contributed by atoms with E-state index in [1.165, 1.54) is 0 Å². The second-order valence-electron chi connectivity index (χ2n) is 3.40. The van der Waals surface area contributed by atoms with Crippen LogP contribution in [-0.2, 0) is 4.79 Å². The van der Waals surface area contributed by atoms with Crippen molar-refractivity contribution in [2.45, 2.75) is 12.5 Å². The first kappa shape index (κ1) is 13.6. The molecule has 0 bridgehead atoms. The molecule has 0 aromatic heterocycles. The van der Waals surface area contributed by atoms with Gasteiger partial charge in [-0.05, 0) is 18.2 Å². The highest BCUT2D eigenvalue weighted by atomic mass is 19.2. The molecule has 1 aromatic carbocycles. The average molecular weight is 253 g/mol. The van der Waals surface area contributed by atoms with Gasteiger partial charge in [-0.3, -0.25) is 4.79 Å². The first-order valence-electron chi connectivity index (χ1n) is 4.88. The van der Waals surface area contributed by atoms with E-state index in [1.807, 2.05) is 0 Å². The van der Waals surface area contributed by atoms with Gasteiger partial charge in [0, 0.05) is 12.0 Å². The van der Waals surface area contributed by atoms with E-state index in [9.17, 15) is 18.4 Å². The predicted molar refractivity (Wildman–Crippen MR) is 58.7 cm³/mol. The third-order valence-electron chi connectivity index (χ3n) is 2.11. The Kier molecular flexibility index (Phi) is 4.38. The minimum Gasteiger partial charge on any atom is -0.480 e. The largest absolute Gasteiger partial charge is 0.480 e. The van der Waals surface area contributed by atoms with Crippen LogP contribution in [0.4, 0.5) is 8.78 Å². The third kappa shape index (κ3) is 3.28. The molecule has 0 aliphatic carbocycles. The third-order valence-corrected chi connectivity index (χ3v) is 2.11. The van der Waals surface area contributed by atoms with Gasteiger partial charge in [-0.2, -0.15) is 0 Å². The van der Waals surface area contributed by atoms with Gasteiger partial charge in [-0.15, -0.1) is 12.3 Å². The Balaban J connectivity index is 2.84. The van der Waals surface area contributed by atoms with E-state index in [4.69, 9.17) is 11.5 Å². The van der Waals surface area contributed by atoms with E-state index >= 15 is 0 Å². The van der Waals surface area contributed by atoms with Crippen molar-refractivity contribution in [1.82, 2.24) is 5.32 Å². The summed E-state index contributed by atoms with van der Waals surface area (Å²) in [6, 6.07) is 1.24. The number of hydrogen-bond donors (Lipinski definition) is 2. The van der Waals surface area contributed by atoms with Crippen molar-refractivity contribution in [3.05, 3.63) is 35.4 Å². The Morgan fingerprint density at radius 3 is 2.56 bits per heavy atom. The zero-order valence-corrected chi connectivity index (χ0v) is 9.11. The van der Waals surface area contributed by atoms with E-state index < -0.39 is 29.6 Å². The molecule has 18 heavy (non-hydrogen) atoms. The van der Waals surface area contributed by atoms with E-state index in [0.717, 1.165) is 12.1 Å². The van der Waals surface area contributed by atoms with Gasteiger partial charge < -0.3 is 10.4 Å². The van der Waals surface area contributed by atoms with Crippen molar-refractivity contribution < 1.29 is 23.5 Å². The van der Waals surface area contributed by atoms with Crippen LogP contribution >= 0.6 is 0 Å². The molecule has 1 aromatic rings. The summed E-state index contributed by atoms with van der Waals surface area (Å²) in [5, 5.41) is 10.9. The van der Waals surface area contributed by atoms with Gasteiger partial charge >= 0.3 is 5.97 Å². The summed E-state index contributed by atoms with van der Waals surface area (Å²) in [6.07, 6.45) is 4.75. The second kappa shape index (κ2) is 5.77. The Morgan fingerprint density at radius 2 is 2.06 bits per heavy atom. The number of carboxylic acids is 1. The van der Waals surface area contributed by atoms with Crippen LogP contribution in [0.5, 0.6) is 0 Å². The summed E-state index contributed by atoms with van der Waals surface area (Å²) in [5.74, 6) is -2.32. The average Bonchev–Trinajstić information content (AvgIpc) is 2.31. The van der Waals surface area contributed by atoms with Crippen LogP contribution in [-0.4, -0.2) is 23.0 Å². The van der Waals surface area contributed by atoms with Crippen LogP contribution in [0.3, 0.4) is 0 Å². The van der Waals surface area contributed by atoms with E-state index in [0.29, 0.717) is 6.07 Å². The predicted octanol–water partition coefficient (Wildman–Crippen LogP) is 1.17. The highest BCUT2D eigenvalue weighted by Crippen LogP contribution is 2.09. The minimum absolute atomic E-state index is 0.183. The molecule has 1 rings (SSSR count). The summed E-state index contributed by atoms with van der Waals surface area (Å²) in [6.45, 7) is 0. The van der Waals surface area contributed by atoms with Crippen LogP contribution in [0, 0.1) is 24.0 Å². The molecule has 0 aliphatic rings. The first-order chi connectivity index (χ1) is 8.45. The molecule has 2 N–H and O–H groups in total. The Morgan fingerprint density at radius 1 is 1.39 bits per heavy atom. The van der Waals surface area contributed by atoms with Gasteiger partial charge in [0.15, 0.2) is 11.6 Å². The van der Waals surface area contributed by atoms with Crippen LogP contribution in [0.25, 0.3) is 0 Å². The molecular formula is C12H9F2NO3. The number of carbonyl (C=O) groups excluding carboxylic acids is 1. The summed E-state index contributed by atoms with van der Waals surface area (Å²) < 4.78 is 25.5. The molecule has 0 unspecified atom stereocenters. The lowest BCUT2D eigenvalue weighted by Gasteiger charge is -2.11. The lowest BCUT2D eigenvalue weighted by atomic mass is 10.1. The van der Waals surface area contributed by atoms with Crippen molar-refractivity contribution >= 4 is 11.9 Å². The quantitative estimate of drug-likeness (QED) is 0.791. The van der Waals surface area contributed by atoms with Crippen LogP contribution < -0.4 is 5.32 Å². The lowest BCUT2D eigenvalue weighted by Crippen LogP contribution is -2.40. The summed E-state index contributed by atoms with van der Waals surface area (Å²) in [4.78, 5) is 22.3. The maximum Gasteiger partial charge on any atom is 0.327 e. The summed E-state index contributed by atoms with van der Waals surface area (Å²) in [5.41, 5.74) is -0.183. The molecule has 0 fully saturated rings. The summed E-state index contributed by atoms with van der Waals surface area (Å²) >= 11 is 0. The minimum atomic E-state index is -1.30. The van der Waals surface area contributed by atoms with Crippen molar-refractivity contribution in [3.8, 4) is 12.3 Å². The highest BCUT2D eigenvalue weighted by molar-refractivity contribution is 5.96. The highest BCUT2D eigenvalue weighted by Gasteiger charge is 2.20. The number of terminal acetylenes is 1. The van der Waals surface area contributed by atoms with Crippen molar-refractivity contribution in [1.29, 1.82) is 0 Å². The molecule has 0 aliphatic heterocycles. The van der Waals surface area contributed by atoms with Crippen LogP contribution in [0.1, 0.15) is 16.8 Å².